The molecule has 0 aromatic rings. The first-order valence-electron chi connectivity index (χ1n) is 4.32. The topological polar surface area (TPSA) is 26.0 Å². The van der Waals surface area contributed by atoms with Gasteiger partial charge in [-0.05, 0) is 37.5 Å². The minimum Gasteiger partial charge on any atom is -0.327 e. The molecular weight excluding hydrogens is 122 g/mol. The Kier molecular flexibility index (Phi) is 0.791. The zero-order valence-electron chi connectivity index (χ0n) is 6.14. The molecule has 0 bridgehead atoms. The van der Waals surface area contributed by atoms with Gasteiger partial charge in [-0.2, -0.15) is 0 Å². The van der Waals surface area contributed by atoms with Crippen LogP contribution in [-0.2, 0) is 0 Å². The Bertz CT molecular complexity index is 213. The third-order valence-electron chi connectivity index (χ3n) is 3.28. The highest BCUT2D eigenvalue weighted by Gasteiger charge is 2.46. The maximum atomic E-state index is 6.07. The van der Waals surface area contributed by atoms with Gasteiger partial charge in [-0.25, -0.2) is 0 Å². The van der Waals surface area contributed by atoms with Gasteiger partial charge in [0.15, 0.2) is 0 Å². The molecule has 3 aliphatic carbocycles. The fourth-order valence-electron chi connectivity index (χ4n) is 2.22. The van der Waals surface area contributed by atoms with Gasteiger partial charge < -0.3 is 5.73 Å². The molecule has 2 unspecified atom stereocenters. The van der Waals surface area contributed by atoms with Crippen molar-refractivity contribution in [2.75, 3.05) is 0 Å². The highest BCUT2D eigenvalue weighted by Crippen LogP contribution is 2.56. The van der Waals surface area contributed by atoms with Crippen molar-refractivity contribution >= 4 is 0 Å². The second kappa shape index (κ2) is 1.48. The van der Waals surface area contributed by atoms with Crippen LogP contribution < -0.4 is 5.73 Å². The number of nitrogens with two attached hydrogens (primary N) is 1. The van der Waals surface area contributed by atoms with E-state index in [0.717, 1.165) is 11.8 Å². The predicted octanol–water partition coefficient (Wildman–Crippen LogP) is 1.44. The summed E-state index contributed by atoms with van der Waals surface area (Å²) in [5.41, 5.74) is 9.54. The summed E-state index contributed by atoms with van der Waals surface area (Å²) in [4.78, 5) is 0. The summed E-state index contributed by atoms with van der Waals surface area (Å²) in [6, 6.07) is 0.543. The van der Waals surface area contributed by atoms with Gasteiger partial charge in [-0.3, -0.25) is 0 Å². The van der Waals surface area contributed by atoms with Crippen LogP contribution in [-0.4, -0.2) is 6.04 Å². The van der Waals surface area contributed by atoms with Crippen molar-refractivity contribution in [2.24, 2.45) is 17.6 Å². The van der Waals surface area contributed by atoms with Crippen molar-refractivity contribution in [1.82, 2.24) is 0 Å². The molecule has 0 amide bonds. The third-order valence-corrected chi connectivity index (χ3v) is 3.28. The van der Waals surface area contributed by atoms with Crippen LogP contribution in [0.25, 0.3) is 0 Å². The van der Waals surface area contributed by atoms with Crippen molar-refractivity contribution in [2.45, 2.75) is 31.7 Å². The molecule has 3 rings (SSSR count). The Morgan fingerprint density at radius 1 is 1.40 bits per heavy atom. The maximum absolute atomic E-state index is 6.07. The number of allylic oxidation sites excluding steroid dienone is 1. The van der Waals surface area contributed by atoms with Crippen molar-refractivity contribution in [3.63, 3.8) is 0 Å². The third kappa shape index (κ3) is 0.567. The normalized spacial score (nSPS) is 38.7. The van der Waals surface area contributed by atoms with E-state index in [9.17, 15) is 0 Å². The van der Waals surface area contributed by atoms with E-state index < -0.39 is 0 Å². The van der Waals surface area contributed by atoms with Crippen LogP contribution in [0.15, 0.2) is 11.1 Å². The monoisotopic (exact) mass is 135 g/mol. The lowest BCUT2D eigenvalue weighted by Crippen LogP contribution is -2.33. The van der Waals surface area contributed by atoms with E-state index in [1.54, 1.807) is 11.1 Å². The summed E-state index contributed by atoms with van der Waals surface area (Å²) in [6.07, 6.45) is 5.51. The van der Waals surface area contributed by atoms with E-state index in [0.29, 0.717) is 6.04 Å². The number of hydrogen-bond donors (Lipinski definition) is 1. The minimum atomic E-state index is 0.543. The van der Waals surface area contributed by atoms with Crippen molar-refractivity contribution in [1.29, 1.82) is 0 Å². The molecule has 0 aliphatic heterocycles. The zero-order chi connectivity index (χ0) is 6.72. The van der Waals surface area contributed by atoms with Crippen LogP contribution in [0.4, 0.5) is 0 Å². The molecule has 0 saturated heterocycles. The molecule has 10 heavy (non-hydrogen) atoms. The molecule has 1 nitrogen and oxygen atoms in total. The van der Waals surface area contributed by atoms with Crippen LogP contribution in [0.2, 0.25) is 0 Å². The van der Waals surface area contributed by atoms with Crippen molar-refractivity contribution in [3.05, 3.63) is 11.1 Å². The summed E-state index contributed by atoms with van der Waals surface area (Å²) < 4.78 is 0. The van der Waals surface area contributed by atoms with Gasteiger partial charge in [-0.15, -0.1) is 0 Å². The molecule has 0 spiro atoms. The van der Waals surface area contributed by atoms with Gasteiger partial charge >= 0.3 is 0 Å². The lowest BCUT2D eigenvalue weighted by molar-refractivity contribution is 0.430. The molecule has 2 atom stereocenters. The van der Waals surface area contributed by atoms with Crippen LogP contribution in [0.5, 0.6) is 0 Å². The Morgan fingerprint density at radius 2 is 2.20 bits per heavy atom. The second-order valence-corrected chi connectivity index (χ2v) is 4.03. The molecule has 1 fully saturated rings. The summed E-state index contributed by atoms with van der Waals surface area (Å²) in [5.74, 6) is 1.74. The standard InChI is InChI=1S/C9H13N/c10-9(5-1-2-5)8-4-6-3-7(6)8/h5,8-9H,1-4,10H2. The molecule has 1 heteroatoms. The van der Waals surface area contributed by atoms with Crippen molar-refractivity contribution in [3.8, 4) is 0 Å². The average molecular weight is 135 g/mol. The van der Waals surface area contributed by atoms with Gasteiger partial charge in [0.05, 0.1) is 0 Å². The fourth-order valence-corrected chi connectivity index (χ4v) is 2.22. The number of rotatable bonds is 2. The Hall–Kier alpha value is -0.300. The molecule has 0 aromatic carbocycles. The van der Waals surface area contributed by atoms with E-state index in [1.807, 2.05) is 0 Å². The number of hydrogen-bond acceptors (Lipinski definition) is 1. The van der Waals surface area contributed by atoms with E-state index >= 15 is 0 Å². The second-order valence-electron chi connectivity index (χ2n) is 4.03. The highest BCUT2D eigenvalue weighted by atomic mass is 14.7. The molecule has 0 aromatic heterocycles. The zero-order valence-corrected chi connectivity index (χ0v) is 6.14. The predicted molar refractivity (Wildman–Crippen MR) is 40.4 cm³/mol. The van der Waals surface area contributed by atoms with E-state index in [-0.39, 0.29) is 0 Å². The van der Waals surface area contributed by atoms with Gasteiger partial charge in [-0.1, -0.05) is 11.1 Å². The first-order valence-corrected chi connectivity index (χ1v) is 4.32. The molecule has 0 radical (unpaired) electrons. The molecule has 2 N–H and O–H groups in total. The Morgan fingerprint density at radius 3 is 2.60 bits per heavy atom. The maximum Gasteiger partial charge on any atom is 0.0136 e. The smallest absolute Gasteiger partial charge is 0.0136 e. The van der Waals surface area contributed by atoms with Crippen LogP contribution in [0.1, 0.15) is 25.7 Å². The Labute approximate surface area is 61.3 Å². The Balaban J connectivity index is 1.71. The van der Waals surface area contributed by atoms with Crippen LogP contribution in [0.3, 0.4) is 0 Å². The lowest BCUT2D eigenvalue weighted by atomic mass is 9.86. The summed E-state index contributed by atoms with van der Waals surface area (Å²) in [7, 11) is 0. The molecule has 54 valence electrons. The van der Waals surface area contributed by atoms with Crippen LogP contribution in [0, 0.1) is 11.8 Å². The fraction of sp³-hybridized carbons (Fsp3) is 0.778. The van der Waals surface area contributed by atoms with Gasteiger partial charge in [0.25, 0.3) is 0 Å². The van der Waals surface area contributed by atoms with Gasteiger partial charge in [0, 0.05) is 6.04 Å². The van der Waals surface area contributed by atoms with Gasteiger partial charge in [0.2, 0.25) is 0 Å². The first-order chi connectivity index (χ1) is 4.86. The van der Waals surface area contributed by atoms with Crippen molar-refractivity contribution < 1.29 is 0 Å². The van der Waals surface area contributed by atoms with E-state index in [4.69, 9.17) is 5.73 Å². The summed E-state index contributed by atoms with van der Waals surface area (Å²) >= 11 is 0. The van der Waals surface area contributed by atoms with E-state index in [1.165, 1.54) is 25.7 Å². The summed E-state index contributed by atoms with van der Waals surface area (Å²) in [6.45, 7) is 0. The van der Waals surface area contributed by atoms with E-state index in [2.05, 4.69) is 0 Å². The van der Waals surface area contributed by atoms with Gasteiger partial charge in [0.1, 0.15) is 0 Å². The molecule has 1 saturated carbocycles. The quantitative estimate of drug-likeness (QED) is 0.570. The molecular formula is C9H13N. The van der Waals surface area contributed by atoms with Crippen LogP contribution >= 0.6 is 0 Å². The largest absolute Gasteiger partial charge is 0.327 e. The highest BCUT2D eigenvalue weighted by molar-refractivity contribution is 5.47. The molecule has 3 aliphatic rings. The minimum absolute atomic E-state index is 0.543. The lowest BCUT2D eigenvalue weighted by Gasteiger charge is -2.24. The SMILES string of the molecule is NC(C1CC1)C1CC2=C1C2. The summed E-state index contributed by atoms with van der Waals surface area (Å²) in [5, 5.41) is 0. The molecule has 0 heterocycles. The first kappa shape index (κ1) is 5.36. The average Bonchev–Trinajstić information content (AvgIpc) is 2.67.